The zero-order valence-electron chi connectivity index (χ0n) is 7.87. The number of hydrogen-bond acceptors (Lipinski definition) is 1. The molecule has 2 heteroatoms. The van der Waals surface area contributed by atoms with Crippen molar-refractivity contribution in [2.75, 3.05) is 0 Å². The minimum Gasteiger partial charge on any atom is -0.260 e. The Morgan fingerprint density at radius 3 is 2.43 bits per heavy atom. The van der Waals surface area contributed by atoms with Crippen LogP contribution in [0.25, 0.3) is 11.1 Å². The quantitative estimate of drug-likeness (QED) is 0.732. The molecule has 1 aromatic heterocycles. The molecule has 0 N–H and O–H groups in total. The number of aromatic nitrogens is 1. The van der Waals surface area contributed by atoms with Crippen LogP contribution in [0.3, 0.4) is 0 Å². The van der Waals surface area contributed by atoms with Gasteiger partial charge in [-0.1, -0.05) is 30.3 Å². The normalized spacial score (nSPS) is 10.1. The number of pyridine rings is 1. The van der Waals surface area contributed by atoms with Crippen molar-refractivity contribution < 1.29 is 0 Å². The summed E-state index contributed by atoms with van der Waals surface area (Å²) >= 11 is 2.31. The number of hydrogen-bond donors (Lipinski definition) is 0. The third kappa shape index (κ3) is 1.95. The Morgan fingerprint density at radius 1 is 1.07 bits per heavy atom. The average Bonchev–Trinajstić information content (AvgIpc) is 2.23. The summed E-state index contributed by atoms with van der Waals surface area (Å²) in [6.45, 7) is 2.02. The fraction of sp³-hybridized carbons (Fsp3) is 0.0833. The molecule has 2 rings (SSSR count). The second-order valence-corrected chi connectivity index (χ2v) is 4.32. The van der Waals surface area contributed by atoms with E-state index in [1.807, 2.05) is 31.3 Å². The van der Waals surface area contributed by atoms with E-state index in [4.69, 9.17) is 0 Å². The summed E-state index contributed by atoms with van der Waals surface area (Å²) in [7, 11) is 0. The summed E-state index contributed by atoms with van der Waals surface area (Å²) < 4.78 is 1.21. The molecular formula is C12H10IN. The first-order valence-electron chi connectivity index (χ1n) is 4.45. The lowest BCUT2D eigenvalue weighted by molar-refractivity contribution is 1.18. The molecule has 0 unspecified atom stereocenters. The highest BCUT2D eigenvalue weighted by Crippen LogP contribution is 2.21. The fourth-order valence-electron chi connectivity index (χ4n) is 1.29. The molecule has 0 aliphatic rings. The molecule has 0 spiro atoms. The van der Waals surface area contributed by atoms with Crippen molar-refractivity contribution in [2.45, 2.75) is 6.92 Å². The van der Waals surface area contributed by atoms with Crippen LogP contribution in [-0.2, 0) is 0 Å². The summed E-state index contributed by atoms with van der Waals surface area (Å²) in [5.41, 5.74) is 3.49. The van der Waals surface area contributed by atoms with Gasteiger partial charge in [0.1, 0.15) is 0 Å². The molecule has 0 aliphatic carbocycles. The van der Waals surface area contributed by atoms with Crippen LogP contribution in [0, 0.1) is 10.5 Å². The molecule has 0 saturated carbocycles. The number of halogens is 1. The van der Waals surface area contributed by atoms with Crippen LogP contribution < -0.4 is 0 Å². The van der Waals surface area contributed by atoms with Crippen molar-refractivity contribution >= 4 is 22.6 Å². The Morgan fingerprint density at radius 2 is 1.79 bits per heavy atom. The molecule has 0 aliphatic heterocycles. The predicted octanol–water partition coefficient (Wildman–Crippen LogP) is 3.66. The molecule has 1 nitrogen and oxygen atoms in total. The second kappa shape index (κ2) is 4.09. The molecule has 70 valence electrons. The van der Waals surface area contributed by atoms with Crippen molar-refractivity contribution in [3.8, 4) is 11.1 Å². The zero-order valence-corrected chi connectivity index (χ0v) is 10.0. The maximum atomic E-state index is 4.35. The topological polar surface area (TPSA) is 12.9 Å². The molecule has 0 amide bonds. The lowest BCUT2D eigenvalue weighted by Crippen LogP contribution is -1.87. The highest BCUT2D eigenvalue weighted by atomic mass is 127. The van der Waals surface area contributed by atoms with E-state index in [1.165, 1.54) is 14.7 Å². The van der Waals surface area contributed by atoms with E-state index in [-0.39, 0.29) is 0 Å². The Balaban J connectivity index is 2.48. The van der Waals surface area contributed by atoms with Gasteiger partial charge in [-0.2, -0.15) is 0 Å². The van der Waals surface area contributed by atoms with Gasteiger partial charge in [-0.25, -0.2) is 0 Å². The molecule has 2 aromatic rings. The zero-order chi connectivity index (χ0) is 9.97. The van der Waals surface area contributed by atoms with E-state index in [0.717, 1.165) is 5.69 Å². The van der Waals surface area contributed by atoms with Gasteiger partial charge in [0.15, 0.2) is 0 Å². The van der Waals surface area contributed by atoms with Gasteiger partial charge in [0.05, 0.1) is 5.69 Å². The lowest BCUT2D eigenvalue weighted by atomic mass is 10.1. The highest BCUT2D eigenvalue weighted by molar-refractivity contribution is 14.1. The summed E-state index contributed by atoms with van der Waals surface area (Å²) in [6, 6.07) is 12.5. The first-order valence-corrected chi connectivity index (χ1v) is 5.53. The minimum absolute atomic E-state index is 1.09. The van der Waals surface area contributed by atoms with Crippen molar-refractivity contribution in [3.63, 3.8) is 0 Å². The number of nitrogens with zero attached hydrogens (tertiary/aromatic N) is 1. The van der Waals surface area contributed by atoms with E-state index >= 15 is 0 Å². The second-order valence-electron chi connectivity index (χ2n) is 3.16. The van der Waals surface area contributed by atoms with Gasteiger partial charge >= 0.3 is 0 Å². The molecule has 0 fully saturated rings. The Bertz CT molecular complexity index is 437. The van der Waals surface area contributed by atoms with Crippen LogP contribution in [0.5, 0.6) is 0 Å². The maximum Gasteiger partial charge on any atom is 0.0506 e. The SMILES string of the molecule is Cc1ncc(-c2ccccc2)cc1I. The van der Waals surface area contributed by atoms with Crippen molar-refractivity contribution in [1.82, 2.24) is 4.98 Å². The number of rotatable bonds is 1. The Labute approximate surface area is 97.3 Å². The molecule has 1 aromatic carbocycles. The summed E-state index contributed by atoms with van der Waals surface area (Å²) in [5, 5.41) is 0. The summed E-state index contributed by atoms with van der Waals surface area (Å²) in [5.74, 6) is 0. The number of aryl methyl sites for hydroxylation is 1. The highest BCUT2D eigenvalue weighted by Gasteiger charge is 2.00. The smallest absolute Gasteiger partial charge is 0.0506 e. The first-order chi connectivity index (χ1) is 6.77. The molecule has 0 bridgehead atoms. The van der Waals surface area contributed by atoms with Gasteiger partial charge in [0.25, 0.3) is 0 Å². The molecular weight excluding hydrogens is 285 g/mol. The largest absolute Gasteiger partial charge is 0.260 e. The van der Waals surface area contributed by atoms with Gasteiger partial charge in [0.2, 0.25) is 0 Å². The van der Waals surface area contributed by atoms with Gasteiger partial charge in [-0.3, -0.25) is 4.98 Å². The monoisotopic (exact) mass is 295 g/mol. The van der Waals surface area contributed by atoms with Crippen LogP contribution in [0.4, 0.5) is 0 Å². The van der Waals surface area contributed by atoms with Crippen molar-refractivity contribution in [3.05, 3.63) is 51.9 Å². The van der Waals surface area contributed by atoms with Crippen LogP contribution in [0.15, 0.2) is 42.6 Å². The Hall–Kier alpha value is -0.900. The Kier molecular flexibility index (Phi) is 2.82. The maximum absolute atomic E-state index is 4.35. The number of benzene rings is 1. The third-order valence-corrected chi connectivity index (χ3v) is 3.22. The third-order valence-electron chi connectivity index (χ3n) is 2.13. The average molecular weight is 295 g/mol. The minimum atomic E-state index is 1.09. The van der Waals surface area contributed by atoms with E-state index in [9.17, 15) is 0 Å². The lowest BCUT2D eigenvalue weighted by Gasteiger charge is -2.03. The molecule has 0 saturated heterocycles. The summed E-state index contributed by atoms with van der Waals surface area (Å²) in [6.07, 6.45) is 1.92. The van der Waals surface area contributed by atoms with E-state index in [1.54, 1.807) is 0 Å². The van der Waals surface area contributed by atoms with Gasteiger partial charge in [-0.05, 0) is 41.1 Å². The van der Waals surface area contributed by atoms with E-state index < -0.39 is 0 Å². The summed E-state index contributed by atoms with van der Waals surface area (Å²) in [4.78, 5) is 4.35. The molecule has 14 heavy (non-hydrogen) atoms. The first kappa shape index (κ1) is 9.65. The van der Waals surface area contributed by atoms with Crippen LogP contribution in [0.1, 0.15) is 5.69 Å². The van der Waals surface area contributed by atoms with Crippen molar-refractivity contribution in [1.29, 1.82) is 0 Å². The van der Waals surface area contributed by atoms with Gasteiger partial charge in [0, 0.05) is 15.3 Å². The fourth-order valence-corrected chi connectivity index (χ4v) is 1.77. The molecule has 0 radical (unpaired) electrons. The van der Waals surface area contributed by atoms with Crippen LogP contribution in [0.2, 0.25) is 0 Å². The van der Waals surface area contributed by atoms with Crippen LogP contribution in [-0.4, -0.2) is 4.98 Å². The van der Waals surface area contributed by atoms with E-state index in [2.05, 4.69) is 45.8 Å². The van der Waals surface area contributed by atoms with Crippen molar-refractivity contribution in [2.24, 2.45) is 0 Å². The van der Waals surface area contributed by atoms with Gasteiger partial charge in [-0.15, -0.1) is 0 Å². The van der Waals surface area contributed by atoms with Gasteiger partial charge < -0.3 is 0 Å². The predicted molar refractivity (Wildman–Crippen MR) is 67.1 cm³/mol. The molecule has 1 heterocycles. The van der Waals surface area contributed by atoms with E-state index in [0.29, 0.717) is 0 Å². The standard InChI is InChI=1S/C12H10IN/c1-9-12(13)7-11(8-14-9)10-5-3-2-4-6-10/h2-8H,1H3. The molecule has 0 atom stereocenters. The van der Waals surface area contributed by atoms with Crippen LogP contribution >= 0.6 is 22.6 Å².